The number of carbonyl (C=O) groups excluding carboxylic acids is 1. The Morgan fingerprint density at radius 1 is 1.18 bits per heavy atom. The van der Waals surface area contributed by atoms with Crippen LogP contribution in [0, 0.1) is 0 Å². The Morgan fingerprint density at radius 3 is 2.68 bits per heavy atom. The second-order valence-corrected chi connectivity index (χ2v) is 6.84. The number of benzene rings is 2. The highest BCUT2D eigenvalue weighted by atomic mass is 16.3. The summed E-state index contributed by atoms with van der Waals surface area (Å²) in [7, 11) is 0. The standard InChI is InChI=1S/C22H21N3O3/c1-3-15-8-10-16(11-9-15)14(2)24-19(26)12-25-13-23-20-17-6-4-5-7-18(17)28-21(20)22(25)27/h4-11,13-14H,3,12H2,1-2H3,(H,24,26)/t14-/m1/s1. The van der Waals surface area contributed by atoms with Crippen LogP contribution in [0.3, 0.4) is 0 Å². The van der Waals surface area contributed by atoms with E-state index < -0.39 is 0 Å². The largest absolute Gasteiger partial charge is 0.448 e. The predicted octanol–water partition coefficient (Wildman–Crippen LogP) is 3.58. The first kappa shape index (κ1) is 18.0. The van der Waals surface area contributed by atoms with E-state index in [0.717, 1.165) is 17.4 Å². The molecule has 1 amide bonds. The Bertz CT molecular complexity index is 1210. The number of aromatic nitrogens is 2. The lowest BCUT2D eigenvalue weighted by molar-refractivity contribution is -0.122. The third-order valence-corrected chi connectivity index (χ3v) is 4.93. The van der Waals surface area contributed by atoms with Gasteiger partial charge in [-0.3, -0.25) is 14.2 Å². The molecule has 2 aromatic heterocycles. The molecule has 0 saturated carbocycles. The van der Waals surface area contributed by atoms with E-state index in [4.69, 9.17) is 4.42 Å². The van der Waals surface area contributed by atoms with Gasteiger partial charge in [-0.15, -0.1) is 0 Å². The van der Waals surface area contributed by atoms with E-state index in [2.05, 4.69) is 29.4 Å². The SMILES string of the molecule is CCc1ccc([C@@H](C)NC(=O)Cn2cnc3c(oc4ccccc43)c2=O)cc1. The van der Waals surface area contributed by atoms with Crippen molar-refractivity contribution in [3.05, 3.63) is 76.3 Å². The summed E-state index contributed by atoms with van der Waals surface area (Å²) in [5.41, 5.74) is 3.19. The molecule has 6 heteroatoms. The molecular formula is C22H21N3O3. The van der Waals surface area contributed by atoms with Crippen molar-refractivity contribution in [3.63, 3.8) is 0 Å². The summed E-state index contributed by atoms with van der Waals surface area (Å²) < 4.78 is 6.92. The number of hydrogen-bond acceptors (Lipinski definition) is 4. The van der Waals surface area contributed by atoms with Gasteiger partial charge in [0.2, 0.25) is 11.5 Å². The quantitative estimate of drug-likeness (QED) is 0.578. The minimum absolute atomic E-state index is 0.115. The zero-order valence-corrected chi connectivity index (χ0v) is 15.8. The third-order valence-electron chi connectivity index (χ3n) is 4.93. The normalized spacial score (nSPS) is 12.4. The number of aryl methyl sites for hydroxylation is 1. The summed E-state index contributed by atoms with van der Waals surface area (Å²) in [6.07, 6.45) is 2.37. The molecule has 28 heavy (non-hydrogen) atoms. The van der Waals surface area contributed by atoms with Crippen molar-refractivity contribution in [3.8, 4) is 0 Å². The van der Waals surface area contributed by atoms with Crippen LogP contribution in [-0.2, 0) is 17.8 Å². The van der Waals surface area contributed by atoms with Gasteiger partial charge in [0.15, 0.2) is 0 Å². The fourth-order valence-corrected chi connectivity index (χ4v) is 3.30. The molecule has 4 aromatic rings. The van der Waals surface area contributed by atoms with Crippen LogP contribution in [0.1, 0.15) is 31.0 Å². The Kier molecular flexibility index (Phi) is 4.69. The minimum atomic E-state index is -0.365. The predicted molar refractivity (Wildman–Crippen MR) is 108 cm³/mol. The number of nitrogens with zero attached hydrogens (tertiary/aromatic N) is 2. The van der Waals surface area contributed by atoms with Crippen molar-refractivity contribution in [2.24, 2.45) is 0 Å². The number of amides is 1. The lowest BCUT2D eigenvalue weighted by Crippen LogP contribution is -2.33. The van der Waals surface area contributed by atoms with E-state index in [9.17, 15) is 9.59 Å². The van der Waals surface area contributed by atoms with Crippen LogP contribution in [0.15, 0.2) is 64.1 Å². The zero-order chi connectivity index (χ0) is 19.7. The van der Waals surface area contributed by atoms with Gasteiger partial charge in [0, 0.05) is 5.39 Å². The Morgan fingerprint density at radius 2 is 1.93 bits per heavy atom. The minimum Gasteiger partial charge on any atom is -0.448 e. The summed E-state index contributed by atoms with van der Waals surface area (Å²) in [6, 6.07) is 15.3. The number of rotatable bonds is 5. The summed E-state index contributed by atoms with van der Waals surface area (Å²) in [5, 5.41) is 3.71. The monoisotopic (exact) mass is 375 g/mol. The van der Waals surface area contributed by atoms with Crippen LogP contribution in [-0.4, -0.2) is 15.5 Å². The summed E-state index contributed by atoms with van der Waals surface area (Å²) in [4.78, 5) is 29.5. The Balaban J connectivity index is 1.53. The highest BCUT2D eigenvalue weighted by Crippen LogP contribution is 2.24. The Hall–Kier alpha value is -3.41. The maximum absolute atomic E-state index is 12.7. The molecule has 0 unspecified atom stereocenters. The molecule has 0 radical (unpaired) electrons. The molecule has 0 aliphatic heterocycles. The van der Waals surface area contributed by atoms with E-state index in [1.165, 1.54) is 16.5 Å². The number of furan rings is 1. The number of hydrogen-bond donors (Lipinski definition) is 1. The van der Waals surface area contributed by atoms with Gasteiger partial charge in [-0.25, -0.2) is 4.98 Å². The smallest absolute Gasteiger partial charge is 0.297 e. The molecule has 0 aliphatic carbocycles. The van der Waals surface area contributed by atoms with Crippen LogP contribution in [0.4, 0.5) is 0 Å². The molecule has 1 atom stereocenters. The van der Waals surface area contributed by atoms with Gasteiger partial charge in [0.1, 0.15) is 17.6 Å². The molecule has 0 saturated heterocycles. The molecule has 2 heterocycles. The molecule has 0 fully saturated rings. The first-order valence-electron chi connectivity index (χ1n) is 9.31. The summed E-state index contributed by atoms with van der Waals surface area (Å²) in [6.45, 7) is 3.91. The molecule has 6 nitrogen and oxygen atoms in total. The van der Waals surface area contributed by atoms with Crippen molar-refractivity contribution in [1.29, 1.82) is 0 Å². The van der Waals surface area contributed by atoms with Gasteiger partial charge in [-0.05, 0) is 36.6 Å². The fraction of sp³-hybridized carbons (Fsp3) is 0.227. The topological polar surface area (TPSA) is 77.1 Å². The van der Waals surface area contributed by atoms with Crippen LogP contribution >= 0.6 is 0 Å². The first-order chi connectivity index (χ1) is 13.6. The van der Waals surface area contributed by atoms with Gasteiger partial charge in [-0.1, -0.05) is 43.3 Å². The van der Waals surface area contributed by atoms with Crippen molar-refractivity contribution in [2.45, 2.75) is 32.9 Å². The molecular weight excluding hydrogens is 354 g/mol. The molecule has 142 valence electrons. The van der Waals surface area contributed by atoms with Crippen LogP contribution in [0.2, 0.25) is 0 Å². The third kappa shape index (κ3) is 3.29. The Labute approximate surface area is 161 Å². The second kappa shape index (κ2) is 7.31. The average Bonchev–Trinajstić information content (AvgIpc) is 3.09. The average molecular weight is 375 g/mol. The van der Waals surface area contributed by atoms with Crippen molar-refractivity contribution >= 4 is 28.0 Å². The van der Waals surface area contributed by atoms with Crippen LogP contribution < -0.4 is 10.9 Å². The second-order valence-electron chi connectivity index (χ2n) is 6.84. The molecule has 0 bridgehead atoms. The van der Waals surface area contributed by atoms with Gasteiger partial charge >= 0.3 is 0 Å². The van der Waals surface area contributed by atoms with Crippen molar-refractivity contribution < 1.29 is 9.21 Å². The summed E-state index contributed by atoms with van der Waals surface area (Å²) >= 11 is 0. The van der Waals surface area contributed by atoms with Gasteiger partial charge < -0.3 is 9.73 Å². The summed E-state index contributed by atoms with van der Waals surface area (Å²) in [5.74, 6) is -0.258. The van der Waals surface area contributed by atoms with E-state index in [0.29, 0.717) is 11.1 Å². The van der Waals surface area contributed by atoms with Crippen LogP contribution in [0.5, 0.6) is 0 Å². The van der Waals surface area contributed by atoms with E-state index >= 15 is 0 Å². The molecule has 0 spiro atoms. The van der Waals surface area contributed by atoms with Gasteiger partial charge in [0.05, 0.1) is 12.4 Å². The van der Waals surface area contributed by atoms with Crippen molar-refractivity contribution in [1.82, 2.24) is 14.9 Å². The fourth-order valence-electron chi connectivity index (χ4n) is 3.30. The molecule has 4 rings (SSSR count). The maximum Gasteiger partial charge on any atom is 0.297 e. The highest BCUT2D eigenvalue weighted by Gasteiger charge is 2.15. The van der Waals surface area contributed by atoms with Crippen LogP contribution in [0.25, 0.3) is 22.1 Å². The van der Waals surface area contributed by atoms with E-state index in [1.54, 1.807) is 6.07 Å². The van der Waals surface area contributed by atoms with Gasteiger partial charge in [0.25, 0.3) is 5.56 Å². The first-order valence-corrected chi connectivity index (χ1v) is 9.31. The number of nitrogens with one attached hydrogen (secondary N) is 1. The lowest BCUT2D eigenvalue weighted by Gasteiger charge is -2.15. The van der Waals surface area contributed by atoms with Gasteiger partial charge in [-0.2, -0.15) is 0 Å². The van der Waals surface area contributed by atoms with E-state index in [1.807, 2.05) is 37.3 Å². The molecule has 2 aromatic carbocycles. The zero-order valence-electron chi connectivity index (χ0n) is 15.8. The lowest BCUT2D eigenvalue weighted by atomic mass is 10.1. The van der Waals surface area contributed by atoms with Crippen molar-refractivity contribution in [2.75, 3.05) is 0 Å². The number of para-hydroxylation sites is 1. The maximum atomic E-state index is 12.7. The number of fused-ring (bicyclic) bond motifs is 3. The van der Waals surface area contributed by atoms with E-state index in [-0.39, 0.29) is 29.6 Å². The highest BCUT2D eigenvalue weighted by molar-refractivity contribution is 6.01. The molecule has 1 N–H and O–H groups in total. The number of carbonyl (C=O) groups is 1. The molecule has 0 aliphatic rings.